The summed E-state index contributed by atoms with van der Waals surface area (Å²) in [4.78, 5) is 0. The first kappa shape index (κ1) is 15.0. The van der Waals surface area contributed by atoms with Crippen LogP contribution in [0.15, 0.2) is 24.3 Å². The predicted molar refractivity (Wildman–Crippen MR) is 86.0 cm³/mol. The van der Waals surface area contributed by atoms with Crippen LogP contribution in [0.25, 0.3) is 0 Å². The minimum absolute atomic E-state index is 0.272. The van der Waals surface area contributed by atoms with Crippen LogP contribution >= 0.6 is 0 Å². The van der Waals surface area contributed by atoms with Gasteiger partial charge in [-0.05, 0) is 68.4 Å². The lowest BCUT2D eigenvalue weighted by Crippen LogP contribution is -2.47. The van der Waals surface area contributed by atoms with Crippen molar-refractivity contribution in [1.82, 2.24) is 5.43 Å². The van der Waals surface area contributed by atoms with Crippen LogP contribution in [-0.2, 0) is 11.2 Å². The average Bonchev–Trinajstić information content (AvgIpc) is 3.35. The summed E-state index contributed by atoms with van der Waals surface area (Å²) in [5, 5.41) is 0. The molecule has 1 aromatic carbocycles. The summed E-state index contributed by atoms with van der Waals surface area (Å²) in [6.45, 7) is 2.86. The molecule has 1 aromatic rings. The van der Waals surface area contributed by atoms with E-state index in [4.69, 9.17) is 10.6 Å². The molecule has 0 spiro atoms. The topological polar surface area (TPSA) is 47.3 Å². The normalized spacial score (nSPS) is 24.4. The molecule has 1 fully saturated rings. The van der Waals surface area contributed by atoms with E-state index in [1.165, 1.54) is 43.2 Å². The van der Waals surface area contributed by atoms with Crippen molar-refractivity contribution in [2.45, 2.75) is 63.5 Å². The van der Waals surface area contributed by atoms with Gasteiger partial charge in [-0.25, -0.2) is 0 Å². The van der Waals surface area contributed by atoms with Crippen LogP contribution in [0.1, 0.15) is 56.1 Å². The summed E-state index contributed by atoms with van der Waals surface area (Å²) in [7, 11) is 0. The van der Waals surface area contributed by atoms with E-state index in [0.29, 0.717) is 11.8 Å². The van der Waals surface area contributed by atoms with E-state index < -0.39 is 0 Å². The summed E-state index contributed by atoms with van der Waals surface area (Å²) in [5.74, 6) is 7.21. The fourth-order valence-corrected chi connectivity index (χ4v) is 3.90. The Morgan fingerprint density at radius 3 is 2.81 bits per heavy atom. The molecule has 116 valence electrons. The number of hydrogen-bond donors (Lipinski definition) is 2. The van der Waals surface area contributed by atoms with Crippen molar-refractivity contribution in [2.75, 3.05) is 6.61 Å². The number of rotatable bonds is 7. The van der Waals surface area contributed by atoms with Gasteiger partial charge in [0.15, 0.2) is 0 Å². The lowest BCUT2D eigenvalue weighted by Gasteiger charge is -2.32. The molecular weight excluding hydrogens is 260 g/mol. The van der Waals surface area contributed by atoms with Gasteiger partial charge in [0, 0.05) is 12.6 Å². The molecule has 3 atom stereocenters. The summed E-state index contributed by atoms with van der Waals surface area (Å²) in [5.41, 5.74) is 6.13. The van der Waals surface area contributed by atoms with Gasteiger partial charge in [-0.2, -0.15) is 0 Å². The molecule has 2 aliphatic rings. The quantitative estimate of drug-likeness (QED) is 0.598. The van der Waals surface area contributed by atoms with Crippen molar-refractivity contribution in [2.24, 2.45) is 11.8 Å². The number of ether oxygens (including phenoxy) is 1. The first-order valence-corrected chi connectivity index (χ1v) is 8.49. The van der Waals surface area contributed by atoms with E-state index in [9.17, 15) is 0 Å². The summed E-state index contributed by atoms with van der Waals surface area (Å²) < 4.78 is 6.01. The van der Waals surface area contributed by atoms with E-state index in [0.717, 1.165) is 13.0 Å². The second-order valence-electron chi connectivity index (χ2n) is 6.55. The van der Waals surface area contributed by atoms with Gasteiger partial charge in [-0.15, -0.1) is 0 Å². The van der Waals surface area contributed by atoms with Crippen molar-refractivity contribution in [3.05, 3.63) is 35.4 Å². The molecule has 3 rings (SSSR count). The van der Waals surface area contributed by atoms with E-state index >= 15 is 0 Å². The van der Waals surface area contributed by atoms with E-state index in [1.807, 2.05) is 0 Å². The van der Waals surface area contributed by atoms with Crippen LogP contribution in [0.5, 0.6) is 0 Å². The molecule has 3 nitrogen and oxygen atoms in total. The van der Waals surface area contributed by atoms with Crippen molar-refractivity contribution >= 4 is 0 Å². The SMILES string of the molecule is CCOC(C1CC1)C(CC1CCCc2ccccc21)NN. The highest BCUT2D eigenvalue weighted by Crippen LogP contribution is 2.40. The van der Waals surface area contributed by atoms with Gasteiger partial charge in [0.2, 0.25) is 0 Å². The standard InChI is InChI=1S/C18H28N2O/c1-2-21-18(14-10-11-14)17(20-19)12-15-8-5-7-13-6-3-4-9-16(13)15/h3-4,6,9,14-15,17-18,20H,2,5,7-8,10-12,19H2,1H3. The third-order valence-corrected chi connectivity index (χ3v) is 5.09. The summed E-state index contributed by atoms with van der Waals surface area (Å²) >= 11 is 0. The highest BCUT2D eigenvalue weighted by atomic mass is 16.5. The largest absolute Gasteiger partial charge is 0.377 e. The molecule has 0 amide bonds. The highest BCUT2D eigenvalue weighted by Gasteiger charge is 2.38. The van der Waals surface area contributed by atoms with Crippen LogP contribution in [0, 0.1) is 5.92 Å². The zero-order valence-electron chi connectivity index (χ0n) is 13.1. The Labute approximate surface area is 128 Å². The van der Waals surface area contributed by atoms with Gasteiger partial charge in [0.1, 0.15) is 0 Å². The van der Waals surface area contributed by atoms with Gasteiger partial charge >= 0.3 is 0 Å². The van der Waals surface area contributed by atoms with Gasteiger partial charge in [-0.3, -0.25) is 11.3 Å². The lowest BCUT2D eigenvalue weighted by molar-refractivity contribution is 0.0147. The number of fused-ring (bicyclic) bond motifs is 1. The minimum Gasteiger partial charge on any atom is -0.377 e. The Morgan fingerprint density at radius 2 is 2.10 bits per heavy atom. The summed E-state index contributed by atoms with van der Waals surface area (Å²) in [6.07, 6.45) is 7.77. The van der Waals surface area contributed by atoms with Crippen molar-refractivity contribution in [1.29, 1.82) is 0 Å². The Hall–Kier alpha value is -0.900. The molecule has 1 saturated carbocycles. The molecule has 3 unspecified atom stereocenters. The van der Waals surface area contributed by atoms with Crippen LogP contribution in [0.4, 0.5) is 0 Å². The van der Waals surface area contributed by atoms with E-state index in [2.05, 4.69) is 36.6 Å². The Morgan fingerprint density at radius 1 is 1.29 bits per heavy atom. The maximum Gasteiger partial charge on any atom is 0.0769 e. The second kappa shape index (κ2) is 6.91. The molecule has 0 aliphatic heterocycles. The molecule has 21 heavy (non-hydrogen) atoms. The number of hydrogen-bond acceptors (Lipinski definition) is 3. The van der Waals surface area contributed by atoms with Crippen LogP contribution < -0.4 is 11.3 Å². The zero-order chi connectivity index (χ0) is 14.7. The molecule has 0 saturated heterocycles. The first-order chi connectivity index (χ1) is 10.3. The van der Waals surface area contributed by atoms with Crippen molar-refractivity contribution < 1.29 is 4.74 Å². The third-order valence-electron chi connectivity index (χ3n) is 5.09. The summed E-state index contributed by atoms with van der Waals surface area (Å²) in [6, 6.07) is 9.19. The number of nitrogens with two attached hydrogens (primary N) is 1. The monoisotopic (exact) mass is 288 g/mol. The maximum absolute atomic E-state index is 6.01. The van der Waals surface area contributed by atoms with Crippen LogP contribution in [0.2, 0.25) is 0 Å². The van der Waals surface area contributed by atoms with Gasteiger partial charge in [0.05, 0.1) is 6.10 Å². The Kier molecular flexibility index (Phi) is 4.94. The number of nitrogens with one attached hydrogen (secondary N) is 1. The lowest BCUT2D eigenvalue weighted by atomic mass is 9.78. The Balaban J connectivity index is 1.72. The zero-order valence-corrected chi connectivity index (χ0v) is 13.1. The number of benzene rings is 1. The molecule has 2 aliphatic carbocycles. The predicted octanol–water partition coefficient (Wildman–Crippen LogP) is 3.14. The molecule has 0 aromatic heterocycles. The Bertz CT molecular complexity index is 458. The average molecular weight is 288 g/mol. The van der Waals surface area contributed by atoms with E-state index in [1.54, 1.807) is 0 Å². The van der Waals surface area contributed by atoms with E-state index in [-0.39, 0.29) is 12.1 Å². The number of aryl methyl sites for hydroxylation is 1. The van der Waals surface area contributed by atoms with Crippen molar-refractivity contribution in [3.63, 3.8) is 0 Å². The molecule has 0 radical (unpaired) electrons. The number of hydrazine groups is 1. The maximum atomic E-state index is 6.01. The van der Waals surface area contributed by atoms with Crippen LogP contribution in [0.3, 0.4) is 0 Å². The molecule has 3 N–H and O–H groups in total. The highest BCUT2D eigenvalue weighted by molar-refractivity contribution is 5.32. The minimum atomic E-state index is 0.272. The molecule has 0 bridgehead atoms. The molecular formula is C18H28N2O. The molecule has 3 heteroatoms. The van der Waals surface area contributed by atoms with Gasteiger partial charge in [-0.1, -0.05) is 24.3 Å². The van der Waals surface area contributed by atoms with Crippen LogP contribution in [-0.4, -0.2) is 18.8 Å². The van der Waals surface area contributed by atoms with Gasteiger partial charge < -0.3 is 4.74 Å². The first-order valence-electron chi connectivity index (χ1n) is 8.49. The smallest absolute Gasteiger partial charge is 0.0769 e. The third kappa shape index (κ3) is 3.47. The fraction of sp³-hybridized carbons (Fsp3) is 0.667. The van der Waals surface area contributed by atoms with Crippen molar-refractivity contribution in [3.8, 4) is 0 Å². The van der Waals surface area contributed by atoms with Gasteiger partial charge in [0.25, 0.3) is 0 Å². The second-order valence-corrected chi connectivity index (χ2v) is 6.55. The molecule has 0 heterocycles. The fourth-order valence-electron chi connectivity index (χ4n) is 3.90.